The first-order valence-electron chi connectivity index (χ1n) is 8.64. The third-order valence-corrected chi connectivity index (χ3v) is 4.53. The maximum Gasteiger partial charge on any atom is 0.263 e. The number of pyridine rings is 1. The van der Waals surface area contributed by atoms with Crippen molar-refractivity contribution in [2.45, 2.75) is 45.9 Å². The first kappa shape index (κ1) is 17.4. The van der Waals surface area contributed by atoms with Crippen LogP contribution in [0.15, 0.2) is 29.3 Å². The number of rotatable bonds is 6. The fourth-order valence-electron chi connectivity index (χ4n) is 3.23. The highest BCUT2D eigenvalue weighted by atomic mass is 16.5. The second kappa shape index (κ2) is 7.65. The lowest BCUT2D eigenvalue weighted by molar-refractivity contribution is 0.0926. The van der Waals surface area contributed by atoms with Gasteiger partial charge in [0.05, 0.1) is 19.2 Å². The van der Waals surface area contributed by atoms with E-state index < -0.39 is 0 Å². The van der Waals surface area contributed by atoms with Crippen LogP contribution in [-0.2, 0) is 17.8 Å². The lowest BCUT2D eigenvalue weighted by atomic mass is 10.1. The Hall–Kier alpha value is -2.41. The van der Waals surface area contributed by atoms with Crippen LogP contribution < -0.4 is 10.9 Å². The number of ether oxygens (including phenoxy) is 1. The highest BCUT2D eigenvalue weighted by molar-refractivity contribution is 5.95. The van der Waals surface area contributed by atoms with Crippen LogP contribution in [0.25, 0.3) is 0 Å². The monoisotopic (exact) mass is 344 g/mol. The Balaban J connectivity index is 1.74. The normalized spacial score (nSPS) is 17.0. The van der Waals surface area contributed by atoms with Crippen LogP contribution >= 0.6 is 0 Å². The number of amides is 1. The first-order chi connectivity index (χ1) is 12.1. The molecule has 1 aliphatic rings. The van der Waals surface area contributed by atoms with E-state index in [-0.39, 0.29) is 23.1 Å². The van der Waals surface area contributed by atoms with Crippen LogP contribution in [0.1, 0.15) is 34.5 Å². The van der Waals surface area contributed by atoms with Crippen molar-refractivity contribution in [1.82, 2.24) is 19.7 Å². The Kier molecular flexibility index (Phi) is 5.33. The highest BCUT2D eigenvalue weighted by Gasteiger charge is 2.21. The molecule has 7 nitrogen and oxygen atoms in total. The number of nitrogens with one attached hydrogen (secondary N) is 1. The Morgan fingerprint density at radius 3 is 2.96 bits per heavy atom. The van der Waals surface area contributed by atoms with Crippen molar-refractivity contribution in [3.63, 3.8) is 0 Å². The Morgan fingerprint density at radius 1 is 1.44 bits per heavy atom. The van der Waals surface area contributed by atoms with Crippen LogP contribution in [0.3, 0.4) is 0 Å². The molecule has 134 valence electrons. The van der Waals surface area contributed by atoms with Crippen molar-refractivity contribution in [1.29, 1.82) is 0 Å². The SMILES string of the molecule is Cc1cc(C)n(C[C@H]2CCCO2)c(=O)c1C(=O)NCCn1cccn1. The first-order valence-corrected chi connectivity index (χ1v) is 8.64. The zero-order chi connectivity index (χ0) is 17.8. The number of carbonyl (C=O) groups is 1. The van der Waals surface area contributed by atoms with E-state index in [1.807, 2.05) is 25.3 Å². The topological polar surface area (TPSA) is 78.1 Å². The number of aromatic nitrogens is 3. The molecule has 1 atom stereocenters. The third kappa shape index (κ3) is 3.99. The lowest BCUT2D eigenvalue weighted by Gasteiger charge is -2.17. The largest absolute Gasteiger partial charge is 0.376 e. The van der Waals surface area contributed by atoms with Gasteiger partial charge in [-0.25, -0.2) is 0 Å². The van der Waals surface area contributed by atoms with Gasteiger partial charge in [0.15, 0.2) is 0 Å². The van der Waals surface area contributed by atoms with Gasteiger partial charge in [-0.15, -0.1) is 0 Å². The predicted octanol–water partition coefficient (Wildman–Crippen LogP) is 1.27. The summed E-state index contributed by atoms with van der Waals surface area (Å²) in [6.07, 6.45) is 5.54. The molecule has 3 rings (SSSR count). The molecule has 1 N–H and O–H groups in total. The third-order valence-electron chi connectivity index (χ3n) is 4.53. The molecule has 3 heterocycles. The van der Waals surface area contributed by atoms with Crippen molar-refractivity contribution in [2.75, 3.05) is 13.2 Å². The van der Waals surface area contributed by atoms with E-state index in [9.17, 15) is 9.59 Å². The summed E-state index contributed by atoms with van der Waals surface area (Å²) in [6.45, 7) is 5.91. The average Bonchev–Trinajstić information content (AvgIpc) is 3.25. The molecular weight excluding hydrogens is 320 g/mol. The van der Waals surface area contributed by atoms with Crippen molar-refractivity contribution in [2.24, 2.45) is 0 Å². The van der Waals surface area contributed by atoms with Gasteiger partial charge >= 0.3 is 0 Å². The Labute approximate surface area is 146 Å². The van der Waals surface area contributed by atoms with E-state index in [1.165, 1.54) is 0 Å². The zero-order valence-electron chi connectivity index (χ0n) is 14.7. The zero-order valence-corrected chi connectivity index (χ0v) is 14.7. The van der Waals surface area contributed by atoms with E-state index in [4.69, 9.17) is 4.74 Å². The summed E-state index contributed by atoms with van der Waals surface area (Å²) >= 11 is 0. The minimum absolute atomic E-state index is 0.0508. The van der Waals surface area contributed by atoms with E-state index in [0.717, 1.165) is 25.1 Å². The van der Waals surface area contributed by atoms with Gasteiger partial charge in [0.2, 0.25) is 0 Å². The summed E-state index contributed by atoms with van der Waals surface area (Å²) in [4.78, 5) is 25.4. The standard InChI is InChI=1S/C18H24N4O3/c1-13-11-14(2)22(12-15-5-3-10-25-15)18(24)16(13)17(23)19-7-9-21-8-4-6-20-21/h4,6,8,11,15H,3,5,7,9-10,12H2,1-2H3,(H,19,23)/t15-/m1/s1. The average molecular weight is 344 g/mol. The minimum atomic E-state index is -0.337. The molecule has 0 bridgehead atoms. The van der Waals surface area contributed by atoms with Gasteiger partial charge in [-0.3, -0.25) is 14.3 Å². The number of hydrogen-bond donors (Lipinski definition) is 1. The Bertz CT molecular complexity index is 789. The summed E-state index contributed by atoms with van der Waals surface area (Å²) in [5.41, 5.74) is 1.52. The van der Waals surface area contributed by atoms with Gasteiger partial charge < -0.3 is 14.6 Å². The molecule has 1 fully saturated rings. The maximum atomic E-state index is 12.9. The van der Waals surface area contributed by atoms with Crippen molar-refractivity contribution in [3.8, 4) is 0 Å². The van der Waals surface area contributed by atoms with Gasteiger partial charge in [0, 0.05) is 31.2 Å². The summed E-state index contributed by atoms with van der Waals surface area (Å²) in [5.74, 6) is -0.337. The van der Waals surface area contributed by atoms with E-state index in [0.29, 0.717) is 25.2 Å². The van der Waals surface area contributed by atoms with Gasteiger partial charge in [-0.1, -0.05) is 0 Å². The van der Waals surface area contributed by atoms with Gasteiger partial charge in [0.25, 0.3) is 11.5 Å². The predicted molar refractivity (Wildman–Crippen MR) is 93.7 cm³/mol. The molecule has 1 amide bonds. The lowest BCUT2D eigenvalue weighted by Crippen LogP contribution is -2.37. The molecule has 1 aliphatic heterocycles. The quantitative estimate of drug-likeness (QED) is 0.856. The molecule has 0 saturated carbocycles. The molecule has 0 aliphatic carbocycles. The van der Waals surface area contributed by atoms with Crippen LogP contribution in [-0.4, -0.2) is 39.5 Å². The molecule has 2 aromatic rings. The van der Waals surface area contributed by atoms with Gasteiger partial charge in [-0.2, -0.15) is 5.10 Å². The van der Waals surface area contributed by atoms with Crippen molar-refractivity contribution >= 4 is 5.91 Å². The highest BCUT2D eigenvalue weighted by Crippen LogP contribution is 2.15. The summed E-state index contributed by atoms with van der Waals surface area (Å²) in [7, 11) is 0. The molecule has 25 heavy (non-hydrogen) atoms. The van der Waals surface area contributed by atoms with Crippen LogP contribution in [0.2, 0.25) is 0 Å². The number of hydrogen-bond acceptors (Lipinski definition) is 4. The van der Waals surface area contributed by atoms with Crippen molar-refractivity contribution in [3.05, 3.63) is 51.7 Å². The second-order valence-corrected chi connectivity index (χ2v) is 6.42. The van der Waals surface area contributed by atoms with E-state index in [1.54, 1.807) is 22.4 Å². The van der Waals surface area contributed by atoms with Crippen LogP contribution in [0.4, 0.5) is 0 Å². The number of nitrogens with zero attached hydrogens (tertiary/aromatic N) is 3. The van der Waals surface area contributed by atoms with Crippen molar-refractivity contribution < 1.29 is 9.53 Å². The maximum absolute atomic E-state index is 12.9. The molecule has 2 aromatic heterocycles. The van der Waals surface area contributed by atoms with Crippen LogP contribution in [0.5, 0.6) is 0 Å². The van der Waals surface area contributed by atoms with E-state index in [2.05, 4.69) is 10.4 Å². The Morgan fingerprint density at radius 2 is 2.28 bits per heavy atom. The molecular formula is C18H24N4O3. The molecule has 0 radical (unpaired) electrons. The summed E-state index contributed by atoms with van der Waals surface area (Å²) < 4.78 is 9.03. The molecule has 0 unspecified atom stereocenters. The van der Waals surface area contributed by atoms with Crippen LogP contribution in [0, 0.1) is 13.8 Å². The minimum Gasteiger partial charge on any atom is -0.376 e. The van der Waals surface area contributed by atoms with Gasteiger partial charge in [-0.05, 0) is 44.4 Å². The van der Waals surface area contributed by atoms with Gasteiger partial charge in [0.1, 0.15) is 5.56 Å². The molecule has 0 aromatic carbocycles. The summed E-state index contributed by atoms with van der Waals surface area (Å²) in [6, 6.07) is 3.72. The van der Waals surface area contributed by atoms with E-state index >= 15 is 0 Å². The second-order valence-electron chi connectivity index (χ2n) is 6.42. The number of aryl methyl sites for hydroxylation is 2. The fraction of sp³-hybridized carbons (Fsp3) is 0.500. The molecule has 7 heteroatoms. The smallest absolute Gasteiger partial charge is 0.263 e. The summed E-state index contributed by atoms with van der Waals surface area (Å²) in [5, 5.41) is 6.90. The fourth-order valence-corrected chi connectivity index (χ4v) is 3.23. The molecule has 1 saturated heterocycles. The molecule has 0 spiro atoms. The number of carbonyl (C=O) groups excluding carboxylic acids is 1.